The van der Waals surface area contributed by atoms with Gasteiger partial charge in [-0.15, -0.1) is 0 Å². The molecule has 0 heterocycles. The molecule has 18 heavy (non-hydrogen) atoms. The molecule has 2 rings (SSSR count). The average Bonchev–Trinajstić information content (AvgIpc) is 2.47. The van der Waals surface area contributed by atoms with E-state index in [-0.39, 0.29) is 5.54 Å². The fraction of sp³-hybridized carbons (Fsp3) is 0.625. The lowest BCUT2D eigenvalue weighted by atomic mass is 9.76. The molecule has 0 aliphatic heterocycles. The molecule has 2 heteroatoms. The summed E-state index contributed by atoms with van der Waals surface area (Å²) in [6, 6.07) is 6.64. The van der Waals surface area contributed by atoms with Crippen molar-refractivity contribution in [3.05, 3.63) is 29.3 Å². The lowest BCUT2D eigenvalue weighted by molar-refractivity contribution is 0.241. The lowest BCUT2D eigenvalue weighted by Gasteiger charge is -2.38. The van der Waals surface area contributed by atoms with E-state index >= 15 is 0 Å². The molecule has 1 N–H and O–H groups in total. The third kappa shape index (κ3) is 2.39. The molecule has 100 valence electrons. The molecule has 1 aromatic carbocycles. The molecule has 0 unspecified atom stereocenters. The maximum absolute atomic E-state index is 5.58. The SMILES string of the molecule is CCc1ccc(OC)c(C2(NC)CCCCC2)c1. The minimum atomic E-state index is 0.120. The second-order valence-electron chi connectivity index (χ2n) is 5.28. The van der Waals surface area contributed by atoms with Crippen molar-refractivity contribution in [1.29, 1.82) is 0 Å². The summed E-state index contributed by atoms with van der Waals surface area (Å²) in [5, 5.41) is 3.58. The summed E-state index contributed by atoms with van der Waals surface area (Å²) in [4.78, 5) is 0. The van der Waals surface area contributed by atoms with Gasteiger partial charge in [-0.25, -0.2) is 0 Å². The van der Waals surface area contributed by atoms with E-state index in [9.17, 15) is 0 Å². The maximum Gasteiger partial charge on any atom is 0.123 e. The van der Waals surface area contributed by atoms with Gasteiger partial charge in [0.1, 0.15) is 5.75 Å². The zero-order chi connectivity index (χ0) is 13.0. The molecule has 1 saturated carbocycles. The number of rotatable bonds is 4. The van der Waals surface area contributed by atoms with E-state index in [4.69, 9.17) is 4.74 Å². The largest absolute Gasteiger partial charge is 0.496 e. The van der Waals surface area contributed by atoms with Gasteiger partial charge >= 0.3 is 0 Å². The van der Waals surface area contributed by atoms with Crippen molar-refractivity contribution in [3.63, 3.8) is 0 Å². The van der Waals surface area contributed by atoms with Crippen LogP contribution in [0.3, 0.4) is 0 Å². The Morgan fingerprint density at radius 1 is 1.22 bits per heavy atom. The number of aryl methyl sites for hydroxylation is 1. The minimum Gasteiger partial charge on any atom is -0.496 e. The predicted octanol–water partition coefficient (Wildman–Crippen LogP) is 3.64. The monoisotopic (exact) mass is 247 g/mol. The first kappa shape index (κ1) is 13.4. The zero-order valence-electron chi connectivity index (χ0n) is 11.9. The summed E-state index contributed by atoms with van der Waals surface area (Å²) >= 11 is 0. The molecule has 0 amide bonds. The van der Waals surface area contributed by atoms with Gasteiger partial charge in [0.15, 0.2) is 0 Å². The molecular formula is C16H25NO. The van der Waals surface area contributed by atoms with Crippen LogP contribution < -0.4 is 10.1 Å². The van der Waals surface area contributed by atoms with Gasteiger partial charge in [-0.3, -0.25) is 0 Å². The first-order valence-electron chi connectivity index (χ1n) is 7.12. The first-order chi connectivity index (χ1) is 8.75. The van der Waals surface area contributed by atoms with E-state index in [0.717, 1.165) is 12.2 Å². The van der Waals surface area contributed by atoms with Gasteiger partial charge in [-0.05, 0) is 37.9 Å². The standard InChI is InChI=1S/C16H25NO/c1-4-13-8-9-15(18-3)14(12-13)16(17-2)10-6-5-7-11-16/h8-9,12,17H,4-7,10-11H2,1-3H3. The molecule has 0 atom stereocenters. The summed E-state index contributed by atoms with van der Waals surface area (Å²) in [6.45, 7) is 2.21. The molecule has 0 bridgehead atoms. The lowest BCUT2D eigenvalue weighted by Crippen LogP contribution is -2.42. The van der Waals surface area contributed by atoms with Crippen molar-refractivity contribution in [3.8, 4) is 5.75 Å². The van der Waals surface area contributed by atoms with E-state index in [0.29, 0.717) is 0 Å². The van der Waals surface area contributed by atoms with Gasteiger partial charge in [0, 0.05) is 11.1 Å². The van der Waals surface area contributed by atoms with E-state index in [1.807, 2.05) is 0 Å². The average molecular weight is 247 g/mol. The molecule has 0 radical (unpaired) electrons. The van der Waals surface area contributed by atoms with Crippen LogP contribution >= 0.6 is 0 Å². The van der Waals surface area contributed by atoms with E-state index in [2.05, 4.69) is 37.5 Å². The van der Waals surface area contributed by atoms with Gasteiger partial charge in [-0.2, -0.15) is 0 Å². The van der Waals surface area contributed by atoms with Gasteiger partial charge in [0.2, 0.25) is 0 Å². The molecule has 1 aliphatic carbocycles. The van der Waals surface area contributed by atoms with Crippen LogP contribution in [0, 0.1) is 0 Å². The van der Waals surface area contributed by atoms with Crippen molar-refractivity contribution in [2.45, 2.75) is 51.0 Å². The van der Waals surface area contributed by atoms with Crippen LogP contribution in [0.1, 0.15) is 50.2 Å². The summed E-state index contributed by atoms with van der Waals surface area (Å²) in [7, 11) is 3.86. The highest BCUT2D eigenvalue weighted by molar-refractivity contribution is 5.42. The highest BCUT2D eigenvalue weighted by Gasteiger charge is 2.34. The van der Waals surface area contributed by atoms with Crippen LogP contribution in [0.5, 0.6) is 5.75 Å². The maximum atomic E-state index is 5.58. The van der Waals surface area contributed by atoms with Crippen LogP contribution in [-0.4, -0.2) is 14.2 Å². The van der Waals surface area contributed by atoms with Gasteiger partial charge < -0.3 is 10.1 Å². The van der Waals surface area contributed by atoms with Crippen molar-refractivity contribution in [2.24, 2.45) is 0 Å². The molecule has 1 aromatic rings. The van der Waals surface area contributed by atoms with E-state index < -0.39 is 0 Å². The van der Waals surface area contributed by atoms with Crippen molar-refractivity contribution in [2.75, 3.05) is 14.2 Å². The van der Waals surface area contributed by atoms with Crippen LogP contribution in [0.4, 0.5) is 0 Å². The number of methoxy groups -OCH3 is 1. The highest BCUT2D eigenvalue weighted by atomic mass is 16.5. The second-order valence-corrected chi connectivity index (χ2v) is 5.28. The Morgan fingerprint density at radius 3 is 2.50 bits per heavy atom. The number of ether oxygens (including phenoxy) is 1. The summed E-state index contributed by atoms with van der Waals surface area (Å²) in [5.41, 5.74) is 2.87. The minimum absolute atomic E-state index is 0.120. The fourth-order valence-corrected chi connectivity index (χ4v) is 3.16. The molecule has 2 nitrogen and oxygen atoms in total. The predicted molar refractivity (Wildman–Crippen MR) is 76.2 cm³/mol. The van der Waals surface area contributed by atoms with Gasteiger partial charge in [0.25, 0.3) is 0 Å². The third-order valence-corrected chi connectivity index (χ3v) is 4.37. The van der Waals surface area contributed by atoms with Crippen molar-refractivity contribution in [1.82, 2.24) is 5.32 Å². The number of nitrogens with one attached hydrogen (secondary N) is 1. The highest BCUT2D eigenvalue weighted by Crippen LogP contribution is 2.41. The number of benzene rings is 1. The molecule has 1 aliphatic rings. The second kappa shape index (κ2) is 5.75. The van der Waals surface area contributed by atoms with Crippen LogP contribution in [-0.2, 0) is 12.0 Å². The topological polar surface area (TPSA) is 21.3 Å². The Hall–Kier alpha value is -1.02. The normalized spacial score (nSPS) is 18.6. The summed E-state index contributed by atoms with van der Waals surface area (Å²) in [6.07, 6.45) is 7.48. The molecule has 1 fully saturated rings. The summed E-state index contributed by atoms with van der Waals surface area (Å²) < 4.78 is 5.58. The smallest absolute Gasteiger partial charge is 0.123 e. The first-order valence-corrected chi connectivity index (χ1v) is 7.12. The Balaban J connectivity index is 2.44. The Morgan fingerprint density at radius 2 is 1.94 bits per heavy atom. The fourth-order valence-electron chi connectivity index (χ4n) is 3.16. The van der Waals surface area contributed by atoms with Crippen LogP contribution in [0.15, 0.2) is 18.2 Å². The number of hydrogen-bond acceptors (Lipinski definition) is 2. The van der Waals surface area contributed by atoms with E-state index in [1.165, 1.54) is 43.2 Å². The van der Waals surface area contributed by atoms with Crippen molar-refractivity contribution < 1.29 is 4.74 Å². The van der Waals surface area contributed by atoms with Gasteiger partial charge in [0.05, 0.1) is 7.11 Å². The number of hydrogen-bond donors (Lipinski definition) is 1. The van der Waals surface area contributed by atoms with Gasteiger partial charge in [-0.1, -0.05) is 38.3 Å². The quantitative estimate of drug-likeness (QED) is 0.877. The van der Waals surface area contributed by atoms with E-state index in [1.54, 1.807) is 7.11 Å². The summed E-state index contributed by atoms with van der Waals surface area (Å²) in [5.74, 6) is 1.03. The zero-order valence-corrected chi connectivity index (χ0v) is 11.9. The van der Waals surface area contributed by atoms with Crippen LogP contribution in [0.25, 0.3) is 0 Å². The molecule has 0 spiro atoms. The third-order valence-electron chi connectivity index (χ3n) is 4.37. The molecule has 0 saturated heterocycles. The molecular weight excluding hydrogens is 222 g/mol. The Bertz CT molecular complexity index is 394. The molecule has 0 aromatic heterocycles. The van der Waals surface area contributed by atoms with Crippen LogP contribution in [0.2, 0.25) is 0 Å². The Kier molecular flexibility index (Phi) is 4.28. The Labute approximate surface area is 111 Å². The van der Waals surface area contributed by atoms with Crippen molar-refractivity contribution >= 4 is 0 Å².